The van der Waals surface area contributed by atoms with Crippen LogP contribution < -0.4 is 0 Å². The van der Waals surface area contributed by atoms with E-state index < -0.39 is 11.6 Å². The van der Waals surface area contributed by atoms with Crippen LogP contribution in [0.4, 0.5) is 0 Å². The first-order valence-corrected chi connectivity index (χ1v) is 8.98. The quantitative estimate of drug-likeness (QED) is 0.739. The van der Waals surface area contributed by atoms with E-state index in [0.29, 0.717) is 6.42 Å². The lowest BCUT2D eigenvalue weighted by Crippen LogP contribution is -2.41. The second-order valence-corrected chi connectivity index (χ2v) is 6.86. The van der Waals surface area contributed by atoms with Gasteiger partial charge in [-0.2, -0.15) is 0 Å². The Morgan fingerprint density at radius 1 is 1.04 bits per heavy atom. The molecule has 2 aromatic rings. The van der Waals surface area contributed by atoms with Crippen molar-refractivity contribution in [3.63, 3.8) is 0 Å². The number of benzene rings is 2. The van der Waals surface area contributed by atoms with Crippen LogP contribution in [0.3, 0.4) is 0 Å². The van der Waals surface area contributed by atoms with Crippen molar-refractivity contribution in [3.05, 3.63) is 71.8 Å². The molecule has 0 heterocycles. The summed E-state index contributed by atoms with van der Waals surface area (Å²) in [5.74, 6) is -0.611. The summed E-state index contributed by atoms with van der Waals surface area (Å²) in [5, 5.41) is 19.1. The summed E-state index contributed by atoms with van der Waals surface area (Å²) in [5.41, 5.74) is 1.30. The Bertz CT molecular complexity index is 649. The maximum absolute atomic E-state index is 11.4. The SMILES string of the molecule is CC(CN(C)C)C(O)(Cc1ccccc1)c1ccccc1.CCC(=O)O.Cl. The lowest BCUT2D eigenvalue weighted by Gasteiger charge is -2.36. The van der Waals surface area contributed by atoms with Crippen molar-refractivity contribution < 1.29 is 15.0 Å². The molecule has 4 nitrogen and oxygen atoms in total. The Morgan fingerprint density at radius 2 is 1.48 bits per heavy atom. The van der Waals surface area contributed by atoms with Crippen LogP contribution in [0.5, 0.6) is 0 Å². The number of rotatable bonds is 7. The molecular weight excluding hydrogens is 362 g/mol. The highest BCUT2D eigenvalue weighted by molar-refractivity contribution is 5.85. The van der Waals surface area contributed by atoms with E-state index in [9.17, 15) is 9.90 Å². The molecule has 0 aliphatic rings. The number of carboxylic acids is 1. The van der Waals surface area contributed by atoms with E-state index >= 15 is 0 Å². The summed E-state index contributed by atoms with van der Waals surface area (Å²) in [4.78, 5) is 11.5. The van der Waals surface area contributed by atoms with Gasteiger partial charge in [-0.05, 0) is 25.2 Å². The molecule has 2 atom stereocenters. The van der Waals surface area contributed by atoms with Gasteiger partial charge in [0.2, 0.25) is 0 Å². The van der Waals surface area contributed by atoms with E-state index in [2.05, 4.69) is 24.0 Å². The van der Waals surface area contributed by atoms with Crippen molar-refractivity contribution >= 4 is 18.4 Å². The van der Waals surface area contributed by atoms with Gasteiger partial charge in [-0.25, -0.2) is 0 Å². The summed E-state index contributed by atoms with van der Waals surface area (Å²) in [6, 6.07) is 20.2. The third kappa shape index (κ3) is 8.57. The van der Waals surface area contributed by atoms with Crippen LogP contribution in [0.25, 0.3) is 0 Å². The van der Waals surface area contributed by atoms with Crippen molar-refractivity contribution in [2.75, 3.05) is 20.6 Å². The van der Waals surface area contributed by atoms with Gasteiger partial charge >= 0.3 is 5.97 Å². The Balaban J connectivity index is 0.00000100. The van der Waals surface area contributed by atoms with E-state index in [0.717, 1.165) is 17.7 Å². The van der Waals surface area contributed by atoms with Crippen LogP contribution in [-0.4, -0.2) is 41.7 Å². The van der Waals surface area contributed by atoms with Crippen LogP contribution in [0, 0.1) is 5.92 Å². The second kappa shape index (κ2) is 12.5. The number of aliphatic carboxylic acids is 1. The summed E-state index contributed by atoms with van der Waals surface area (Å²) in [7, 11) is 4.09. The lowest BCUT2D eigenvalue weighted by atomic mass is 9.77. The molecular formula is C22H32ClNO3. The fourth-order valence-corrected chi connectivity index (χ4v) is 2.89. The molecule has 2 rings (SSSR count). The minimum atomic E-state index is -0.854. The molecule has 2 aromatic carbocycles. The van der Waals surface area contributed by atoms with Crippen LogP contribution in [-0.2, 0) is 16.8 Å². The van der Waals surface area contributed by atoms with E-state index in [4.69, 9.17) is 5.11 Å². The first-order chi connectivity index (χ1) is 12.3. The van der Waals surface area contributed by atoms with Gasteiger partial charge in [0.15, 0.2) is 0 Å². The Hall–Kier alpha value is -1.88. The molecule has 2 unspecified atom stereocenters. The smallest absolute Gasteiger partial charge is 0.303 e. The third-order valence-electron chi connectivity index (χ3n) is 4.35. The normalized spacial score (nSPS) is 13.6. The topological polar surface area (TPSA) is 60.8 Å². The van der Waals surface area contributed by atoms with Crippen molar-refractivity contribution in [3.8, 4) is 0 Å². The Morgan fingerprint density at radius 3 is 1.89 bits per heavy atom. The van der Waals surface area contributed by atoms with Crippen LogP contribution in [0.15, 0.2) is 60.7 Å². The van der Waals surface area contributed by atoms with Crippen molar-refractivity contribution in [2.45, 2.75) is 32.3 Å². The molecule has 0 fully saturated rings. The third-order valence-corrected chi connectivity index (χ3v) is 4.35. The van der Waals surface area contributed by atoms with E-state index in [1.807, 2.05) is 62.6 Å². The number of aliphatic hydroxyl groups is 1. The van der Waals surface area contributed by atoms with Gasteiger partial charge in [0.05, 0.1) is 5.60 Å². The summed E-state index contributed by atoms with van der Waals surface area (Å²) in [6.07, 6.45) is 0.854. The Labute approximate surface area is 169 Å². The molecule has 2 N–H and O–H groups in total. The van der Waals surface area contributed by atoms with E-state index in [1.54, 1.807) is 6.92 Å². The molecule has 0 aromatic heterocycles. The van der Waals surface area contributed by atoms with Gasteiger partial charge in [-0.3, -0.25) is 4.79 Å². The molecule has 0 spiro atoms. The molecule has 0 saturated heterocycles. The Kier molecular flexibility index (Phi) is 11.6. The van der Waals surface area contributed by atoms with Crippen molar-refractivity contribution in [1.29, 1.82) is 0 Å². The van der Waals surface area contributed by atoms with E-state index in [-0.39, 0.29) is 24.7 Å². The molecule has 150 valence electrons. The van der Waals surface area contributed by atoms with E-state index in [1.165, 1.54) is 0 Å². The minimum absolute atomic E-state index is 0. The van der Waals surface area contributed by atoms with Crippen LogP contribution >= 0.6 is 12.4 Å². The molecule has 5 heteroatoms. The first-order valence-electron chi connectivity index (χ1n) is 8.98. The van der Waals surface area contributed by atoms with Crippen LogP contribution in [0.1, 0.15) is 31.4 Å². The number of nitrogens with zero attached hydrogens (tertiary/aromatic N) is 1. The summed E-state index contributed by atoms with van der Waals surface area (Å²) < 4.78 is 0. The number of hydrogen-bond donors (Lipinski definition) is 2. The predicted molar refractivity (Wildman–Crippen MR) is 113 cm³/mol. The lowest BCUT2D eigenvalue weighted by molar-refractivity contribution is -0.136. The molecule has 0 saturated carbocycles. The highest BCUT2D eigenvalue weighted by Crippen LogP contribution is 2.33. The number of halogens is 1. The summed E-state index contributed by atoms with van der Waals surface area (Å²) >= 11 is 0. The predicted octanol–water partition coefficient (Wildman–Crippen LogP) is 4.22. The maximum atomic E-state index is 11.4. The average molecular weight is 394 g/mol. The van der Waals surface area contributed by atoms with Gasteiger partial charge < -0.3 is 15.1 Å². The second-order valence-electron chi connectivity index (χ2n) is 6.86. The van der Waals surface area contributed by atoms with Gasteiger partial charge in [-0.1, -0.05) is 74.5 Å². The highest BCUT2D eigenvalue weighted by atomic mass is 35.5. The molecule has 0 aliphatic carbocycles. The molecule has 0 radical (unpaired) electrons. The molecule has 0 aliphatic heterocycles. The van der Waals surface area contributed by atoms with Gasteiger partial charge in [0.25, 0.3) is 0 Å². The summed E-state index contributed by atoms with van der Waals surface area (Å²) in [6.45, 7) is 4.57. The van der Waals surface area contributed by atoms with Gasteiger partial charge in [-0.15, -0.1) is 12.4 Å². The molecule has 0 bridgehead atoms. The average Bonchev–Trinajstić information content (AvgIpc) is 2.63. The van der Waals surface area contributed by atoms with Gasteiger partial charge in [0.1, 0.15) is 0 Å². The number of hydrogen-bond acceptors (Lipinski definition) is 3. The molecule has 0 amide bonds. The fourth-order valence-electron chi connectivity index (χ4n) is 2.89. The van der Waals surface area contributed by atoms with Crippen molar-refractivity contribution in [2.24, 2.45) is 5.92 Å². The van der Waals surface area contributed by atoms with Crippen LogP contribution in [0.2, 0.25) is 0 Å². The largest absolute Gasteiger partial charge is 0.481 e. The first kappa shape index (κ1) is 25.1. The monoisotopic (exact) mass is 393 g/mol. The number of carboxylic acid groups (broad SMARTS) is 1. The van der Waals surface area contributed by atoms with Gasteiger partial charge in [0, 0.05) is 25.3 Å². The standard InChI is InChI=1S/C19H25NO.C3H6O2.ClH/c1-16(15-20(2)3)19(21,18-12-8-5-9-13-18)14-17-10-6-4-7-11-17;1-2-3(4)5;/h4-13,16,21H,14-15H2,1-3H3;2H2,1H3,(H,4,5);1H. The zero-order valence-electron chi connectivity index (χ0n) is 16.6. The minimum Gasteiger partial charge on any atom is -0.481 e. The number of carbonyl (C=O) groups is 1. The maximum Gasteiger partial charge on any atom is 0.303 e. The highest BCUT2D eigenvalue weighted by Gasteiger charge is 2.35. The zero-order chi connectivity index (χ0) is 19.6. The zero-order valence-corrected chi connectivity index (χ0v) is 17.4. The fraction of sp³-hybridized carbons (Fsp3) is 0.409. The molecule has 27 heavy (non-hydrogen) atoms. The van der Waals surface area contributed by atoms with Crippen molar-refractivity contribution in [1.82, 2.24) is 4.90 Å².